The molecule has 0 bridgehead atoms. The predicted molar refractivity (Wildman–Crippen MR) is 127 cm³/mol. The van der Waals surface area contributed by atoms with E-state index in [0.29, 0.717) is 5.92 Å². The Bertz CT molecular complexity index is 541. The van der Waals surface area contributed by atoms with E-state index in [1.54, 1.807) is 0 Å². The minimum atomic E-state index is -0.385. The van der Waals surface area contributed by atoms with Gasteiger partial charge in [-0.3, -0.25) is 0 Å². The lowest BCUT2D eigenvalue weighted by Gasteiger charge is -2.29. The highest BCUT2D eigenvalue weighted by Gasteiger charge is 2.26. The minimum Gasteiger partial charge on any atom is -0.493 e. The molecular formula is C27H47O2-. The largest absolute Gasteiger partial charge is 0.493 e. The van der Waals surface area contributed by atoms with Crippen LogP contribution >= 0.6 is 0 Å². The molecule has 29 heavy (non-hydrogen) atoms. The van der Waals surface area contributed by atoms with Crippen LogP contribution in [0.4, 0.5) is 0 Å². The summed E-state index contributed by atoms with van der Waals surface area (Å²) < 4.78 is 6.28. The maximum Gasteiger partial charge on any atom is 0.121 e. The van der Waals surface area contributed by atoms with E-state index in [0.717, 1.165) is 44.5 Å². The van der Waals surface area contributed by atoms with E-state index in [1.165, 1.54) is 55.2 Å². The zero-order valence-corrected chi connectivity index (χ0v) is 19.9. The standard InChI is InChI=1S/C27H47O2/c1-7-9-10-11-12-13-19-29-27-24(6)23(5)26(28)20-25(27)18-17-22(4)16-14-15-21(3)8-2/h15,20,22-23,26,28H,2,7-14,16-19H2,1,3-6H3/q-1/b21-15+. The Morgan fingerprint density at radius 3 is 2.59 bits per heavy atom. The van der Waals surface area contributed by atoms with Gasteiger partial charge >= 0.3 is 0 Å². The fourth-order valence-electron chi connectivity index (χ4n) is 3.86. The molecule has 0 saturated carbocycles. The molecule has 0 aliphatic heterocycles. The Morgan fingerprint density at radius 2 is 1.90 bits per heavy atom. The number of aliphatic hydroxyl groups excluding tert-OH is 1. The van der Waals surface area contributed by atoms with Gasteiger partial charge in [0, 0.05) is 5.92 Å². The summed E-state index contributed by atoms with van der Waals surface area (Å²) in [7, 11) is 0. The van der Waals surface area contributed by atoms with Crippen molar-refractivity contribution in [1.29, 1.82) is 0 Å². The first-order chi connectivity index (χ1) is 13.9. The predicted octanol–water partition coefficient (Wildman–Crippen LogP) is 7.94. The van der Waals surface area contributed by atoms with Crippen LogP contribution in [0.25, 0.3) is 0 Å². The minimum absolute atomic E-state index is 0.145. The molecule has 0 amide bonds. The maximum atomic E-state index is 10.4. The molecule has 168 valence electrons. The third-order valence-corrected chi connectivity index (χ3v) is 6.41. The number of unbranched alkanes of at least 4 members (excludes halogenated alkanes) is 5. The summed E-state index contributed by atoms with van der Waals surface area (Å²) in [4.78, 5) is 0. The van der Waals surface area contributed by atoms with Gasteiger partial charge in [-0.25, -0.2) is 0 Å². The SMILES string of the molecule is [CH2-]C/C(C)=C/CCC(C)CCC1=CC(O)C(C)C(C)=C1OCCCCCCCC. The first kappa shape index (κ1) is 26.0. The van der Waals surface area contributed by atoms with Crippen molar-refractivity contribution in [3.63, 3.8) is 0 Å². The van der Waals surface area contributed by atoms with Gasteiger partial charge in [0.25, 0.3) is 0 Å². The second-order valence-electron chi connectivity index (χ2n) is 9.12. The average Bonchev–Trinajstić information content (AvgIpc) is 2.71. The summed E-state index contributed by atoms with van der Waals surface area (Å²) in [6, 6.07) is 0. The van der Waals surface area contributed by atoms with Gasteiger partial charge in [0.1, 0.15) is 5.76 Å². The Balaban J connectivity index is 2.53. The van der Waals surface area contributed by atoms with Crippen molar-refractivity contribution in [2.45, 2.75) is 111 Å². The summed E-state index contributed by atoms with van der Waals surface area (Å²) in [5, 5.41) is 10.4. The van der Waals surface area contributed by atoms with Crippen LogP contribution in [0.3, 0.4) is 0 Å². The van der Waals surface area contributed by atoms with Crippen LogP contribution in [0.1, 0.15) is 105 Å². The molecule has 3 unspecified atom stereocenters. The molecule has 0 heterocycles. The van der Waals surface area contributed by atoms with Gasteiger partial charge in [-0.1, -0.05) is 59.0 Å². The van der Waals surface area contributed by atoms with Gasteiger partial charge in [0.15, 0.2) is 0 Å². The van der Waals surface area contributed by atoms with Crippen molar-refractivity contribution in [2.75, 3.05) is 6.61 Å². The maximum absolute atomic E-state index is 10.4. The molecule has 0 radical (unpaired) electrons. The zero-order valence-electron chi connectivity index (χ0n) is 19.9. The second-order valence-corrected chi connectivity index (χ2v) is 9.12. The molecule has 0 aromatic heterocycles. The van der Waals surface area contributed by atoms with Crippen molar-refractivity contribution in [2.24, 2.45) is 11.8 Å². The fraction of sp³-hybridized carbons (Fsp3) is 0.741. The third kappa shape index (κ3) is 10.0. The lowest BCUT2D eigenvalue weighted by Crippen LogP contribution is -2.23. The highest BCUT2D eigenvalue weighted by Crippen LogP contribution is 2.34. The Kier molecular flexibility index (Phi) is 13.4. The summed E-state index contributed by atoms with van der Waals surface area (Å²) in [5.74, 6) is 1.88. The number of hydrogen-bond acceptors (Lipinski definition) is 2. The molecule has 0 saturated heterocycles. The molecule has 3 atom stereocenters. The molecule has 1 aliphatic rings. The molecule has 2 nitrogen and oxygen atoms in total. The number of ether oxygens (including phenoxy) is 1. The normalized spacial score (nSPS) is 21.3. The van der Waals surface area contributed by atoms with Crippen LogP contribution in [-0.4, -0.2) is 17.8 Å². The van der Waals surface area contributed by atoms with Crippen LogP contribution in [0.15, 0.2) is 34.6 Å². The molecule has 1 aliphatic carbocycles. The van der Waals surface area contributed by atoms with Crippen LogP contribution in [0.2, 0.25) is 0 Å². The number of allylic oxidation sites excluding steroid dienone is 3. The first-order valence-corrected chi connectivity index (χ1v) is 12.1. The molecule has 1 N–H and O–H groups in total. The molecule has 2 heteroatoms. The van der Waals surface area contributed by atoms with Gasteiger partial charge in [-0.05, 0) is 69.1 Å². The van der Waals surface area contributed by atoms with Crippen LogP contribution in [0, 0.1) is 18.8 Å². The van der Waals surface area contributed by atoms with E-state index in [-0.39, 0.29) is 12.0 Å². The van der Waals surface area contributed by atoms with E-state index in [2.05, 4.69) is 47.6 Å². The molecule has 0 aromatic carbocycles. The van der Waals surface area contributed by atoms with Crippen LogP contribution in [0.5, 0.6) is 0 Å². The van der Waals surface area contributed by atoms with E-state index in [1.807, 2.05) is 6.08 Å². The van der Waals surface area contributed by atoms with Gasteiger partial charge in [0.2, 0.25) is 0 Å². The van der Waals surface area contributed by atoms with Crippen LogP contribution < -0.4 is 0 Å². The van der Waals surface area contributed by atoms with E-state index < -0.39 is 0 Å². The number of rotatable bonds is 15. The van der Waals surface area contributed by atoms with Crippen molar-refractivity contribution in [1.82, 2.24) is 0 Å². The highest BCUT2D eigenvalue weighted by atomic mass is 16.5. The molecular weight excluding hydrogens is 356 g/mol. The Hall–Kier alpha value is -1.02. The monoisotopic (exact) mass is 403 g/mol. The summed E-state index contributed by atoms with van der Waals surface area (Å²) in [5.41, 5.74) is 3.81. The van der Waals surface area contributed by atoms with Crippen LogP contribution in [-0.2, 0) is 4.74 Å². The summed E-state index contributed by atoms with van der Waals surface area (Å²) >= 11 is 0. The van der Waals surface area contributed by atoms with E-state index in [9.17, 15) is 5.11 Å². The molecule has 1 rings (SSSR count). The molecule has 0 spiro atoms. The smallest absolute Gasteiger partial charge is 0.121 e. The van der Waals surface area contributed by atoms with Crippen molar-refractivity contribution in [3.05, 3.63) is 41.6 Å². The van der Waals surface area contributed by atoms with Crippen molar-refractivity contribution < 1.29 is 9.84 Å². The number of hydrogen-bond donors (Lipinski definition) is 1. The van der Waals surface area contributed by atoms with Gasteiger partial charge in [0.05, 0.1) is 12.7 Å². The number of aliphatic hydroxyl groups is 1. The van der Waals surface area contributed by atoms with Crippen molar-refractivity contribution >= 4 is 0 Å². The average molecular weight is 404 g/mol. The van der Waals surface area contributed by atoms with Crippen molar-refractivity contribution in [3.8, 4) is 0 Å². The second kappa shape index (κ2) is 14.9. The lowest BCUT2D eigenvalue weighted by molar-refractivity contribution is 0.154. The fourth-order valence-corrected chi connectivity index (χ4v) is 3.86. The first-order valence-electron chi connectivity index (χ1n) is 12.1. The van der Waals surface area contributed by atoms with Gasteiger partial charge in [-0.2, -0.15) is 6.42 Å². The Morgan fingerprint density at radius 1 is 1.21 bits per heavy atom. The summed E-state index contributed by atoms with van der Waals surface area (Å²) in [6.45, 7) is 15.7. The van der Waals surface area contributed by atoms with Gasteiger partial charge in [-0.15, -0.1) is 5.57 Å². The van der Waals surface area contributed by atoms with E-state index in [4.69, 9.17) is 4.74 Å². The summed E-state index contributed by atoms with van der Waals surface area (Å²) in [6.07, 6.45) is 17.0. The molecule has 0 aromatic rings. The Labute approximate surface area is 181 Å². The quantitative estimate of drug-likeness (QED) is 0.171. The third-order valence-electron chi connectivity index (χ3n) is 6.41. The molecule has 0 fully saturated rings. The zero-order chi connectivity index (χ0) is 21.6. The van der Waals surface area contributed by atoms with Gasteiger partial charge < -0.3 is 16.8 Å². The highest BCUT2D eigenvalue weighted by molar-refractivity contribution is 5.37. The lowest BCUT2D eigenvalue weighted by atomic mass is 9.84. The topological polar surface area (TPSA) is 29.5 Å². The van der Waals surface area contributed by atoms with E-state index >= 15 is 0 Å².